The van der Waals surface area contributed by atoms with Gasteiger partial charge in [-0.25, -0.2) is 8.78 Å². The zero-order valence-electron chi connectivity index (χ0n) is 13.3. The molecule has 2 aromatic rings. The summed E-state index contributed by atoms with van der Waals surface area (Å²) in [5.41, 5.74) is 1.79. The van der Waals surface area contributed by atoms with Crippen LogP contribution in [-0.2, 0) is 6.54 Å². The average Bonchev–Trinajstić information content (AvgIpc) is 2.55. The van der Waals surface area contributed by atoms with E-state index in [0.29, 0.717) is 5.69 Å². The van der Waals surface area contributed by atoms with Crippen LogP contribution >= 0.6 is 0 Å². The maximum absolute atomic E-state index is 13.2. The highest BCUT2D eigenvalue weighted by Gasteiger charge is 2.10. The van der Waals surface area contributed by atoms with Crippen LogP contribution in [0, 0.1) is 11.6 Å². The Morgan fingerprint density at radius 3 is 2.43 bits per heavy atom. The quantitative estimate of drug-likeness (QED) is 0.871. The van der Waals surface area contributed by atoms with E-state index in [-0.39, 0.29) is 5.56 Å². The van der Waals surface area contributed by atoms with Gasteiger partial charge in [-0.15, -0.1) is 0 Å². The Bertz CT molecular complexity index is 684. The van der Waals surface area contributed by atoms with Crippen molar-refractivity contribution in [2.75, 3.05) is 18.4 Å². The normalized spacial score (nSPS) is 10.8. The molecular weight excluding hydrogens is 298 g/mol. The first-order valence-electron chi connectivity index (χ1n) is 7.61. The Morgan fingerprint density at radius 2 is 1.78 bits per heavy atom. The Kier molecular flexibility index (Phi) is 5.82. The third-order valence-corrected chi connectivity index (χ3v) is 3.67. The third kappa shape index (κ3) is 4.60. The number of anilines is 1. The van der Waals surface area contributed by atoms with E-state index in [1.54, 1.807) is 6.07 Å². The number of amides is 1. The van der Waals surface area contributed by atoms with Gasteiger partial charge in [-0.3, -0.25) is 9.69 Å². The minimum absolute atomic E-state index is 0.0815. The highest BCUT2D eigenvalue weighted by Crippen LogP contribution is 2.15. The van der Waals surface area contributed by atoms with Crippen LogP contribution in [0.15, 0.2) is 42.5 Å². The number of nitrogens with one attached hydrogen (secondary N) is 1. The molecule has 0 saturated carbocycles. The fourth-order valence-corrected chi connectivity index (χ4v) is 2.29. The molecule has 0 unspecified atom stereocenters. The summed E-state index contributed by atoms with van der Waals surface area (Å²) in [6.07, 6.45) is 0. The number of carbonyl (C=O) groups excluding carboxylic acids is 1. The van der Waals surface area contributed by atoms with Gasteiger partial charge < -0.3 is 5.32 Å². The minimum Gasteiger partial charge on any atom is -0.322 e. The van der Waals surface area contributed by atoms with E-state index in [2.05, 4.69) is 24.1 Å². The first kappa shape index (κ1) is 17.1. The second-order valence-electron chi connectivity index (χ2n) is 5.24. The van der Waals surface area contributed by atoms with Crippen LogP contribution in [0.5, 0.6) is 0 Å². The number of rotatable bonds is 6. The van der Waals surface area contributed by atoms with E-state index in [9.17, 15) is 13.6 Å². The third-order valence-electron chi connectivity index (χ3n) is 3.67. The van der Waals surface area contributed by atoms with Gasteiger partial charge in [0.2, 0.25) is 0 Å². The SMILES string of the molecule is CCN(CC)Cc1cccc(NC(=O)c2ccc(F)c(F)c2)c1. The Morgan fingerprint density at radius 1 is 1.04 bits per heavy atom. The van der Waals surface area contributed by atoms with Gasteiger partial charge in [0.05, 0.1) is 0 Å². The van der Waals surface area contributed by atoms with Crippen LogP contribution < -0.4 is 5.32 Å². The topological polar surface area (TPSA) is 32.3 Å². The molecule has 23 heavy (non-hydrogen) atoms. The Hall–Kier alpha value is -2.27. The van der Waals surface area contributed by atoms with E-state index in [1.807, 2.05) is 18.2 Å². The fraction of sp³-hybridized carbons (Fsp3) is 0.278. The molecule has 0 spiro atoms. The molecule has 0 radical (unpaired) electrons. The second kappa shape index (κ2) is 7.83. The molecule has 0 fully saturated rings. The molecule has 0 saturated heterocycles. The van der Waals surface area contributed by atoms with Gasteiger partial charge in [0.15, 0.2) is 11.6 Å². The molecule has 0 heterocycles. The summed E-state index contributed by atoms with van der Waals surface area (Å²) in [6, 6.07) is 10.6. The molecule has 2 aromatic carbocycles. The summed E-state index contributed by atoms with van der Waals surface area (Å²) in [6.45, 7) is 6.88. The van der Waals surface area contributed by atoms with E-state index in [0.717, 1.165) is 37.3 Å². The van der Waals surface area contributed by atoms with Gasteiger partial charge >= 0.3 is 0 Å². The molecule has 1 N–H and O–H groups in total. The van der Waals surface area contributed by atoms with E-state index < -0.39 is 17.5 Å². The van der Waals surface area contributed by atoms with Crippen LogP contribution in [0.25, 0.3) is 0 Å². The number of benzene rings is 2. The van der Waals surface area contributed by atoms with Crippen molar-refractivity contribution >= 4 is 11.6 Å². The summed E-state index contributed by atoms with van der Waals surface area (Å²) in [7, 11) is 0. The maximum Gasteiger partial charge on any atom is 0.255 e. The van der Waals surface area contributed by atoms with Crippen molar-refractivity contribution in [2.45, 2.75) is 20.4 Å². The predicted octanol–water partition coefficient (Wildman–Crippen LogP) is 4.06. The van der Waals surface area contributed by atoms with Crippen molar-refractivity contribution in [2.24, 2.45) is 0 Å². The fourth-order valence-electron chi connectivity index (χ4n) is 2.29. The summed E-state index contributed by atoms with van der Waals surface area (Å²) in [4.78, 5) is 14.4. The zero-order valence-corrected chi connectivity index (χ0v) is 13.3. The first-order valence-corrected chi connectivity index (χ1v) is 7.61. The predicted molar refractivity (Wildman–Crippen MR) is 87.4 cm³/mol. The zero-order chi connectivity index (χ0) is 16.8. The lowest BCUT2D eigenvalue weighted by Crippen LogP contribution is -2.22. The number of carbonyl (C=O) groups is 1. The van der Waals surface area contributed by atoms with Crippen LogP contribution in [-0.4, -0.2) is 23.9 Å². The molecule has 0 aromatic heterocycles. The molecule has 0 aliphatic rings. The molecule has 0 atom stereocenters. The Labute approximate surface area is 134 Å². The second-order valence-corrected chi connectivity index (χ2v) is 5.24. The lowest BCUT2D eigenvalue weighted by molar-refractivity contribution is 0.102. The molecule has 0 bridgehead atoms. The smallest absolute Gasteiger partial charge is 0.255 e. The van der Waals surface area contributed by atoms with Crippen molar-refractivity contribution in [3.05, 3.63) is 65.2 Å². The molecule has 3 nitrogen and oxygen atoms in total. The van der Waals surface area contributed by atoms with Crippen LogP contribution in [0.1, 0.15) is 29.8 Å². The first-order chi connectivity index (χ1) is 11.0. The highest BCUT2D eigenvalue weighted by molar-refractivity contribution is 6.04. The van der Waals surface area contributed by atoms with Gasteiger partial charge in [0.1, 0.15) is 0 Å². The maximum atomic E-state index is 13.2. The van der Waals surface area contributed by atoms with Gasteiger partial charge in [-0.2, -0.15) is 0 Å². The molecule has 0 aliphatic carbocycles. The van der Waals surface area contributed by atoms with Crippen LogP contribution in [0.2, 0.25) is 0 Å². The summed E-state index contributed by atoms with van der Waals surface area (Å²) in [5, 5.41) is 2.71. The highest BCUT2D eigenvalue weighted by atomic mass is 19.2. The standard InChI is InChI=1S/C18H20F2N2O/c1-3-22(4-2)12-13-6-5-7-15(10-13)21-18(23)14-8-9-16(19)17(20)11-14/h5-11H,3-4,12H2,1-2H3,(H,21,23). The van der Waals surface area contributed by atoms with Gasteiger partial charge in [0, 0.05) is 17.8 Å². The summed E-state index contributed by atoms with van der Waals surface area (Å²) in [5.74, 6) is -2.47. The van der Waals surface area contributed by atoms with Crippen molar-refractivity contribution in [1.82, 2.24) is 4.90 Å². The monoisotopic (exact) mass is 318 g/mol. The molecular formula is C18H20F2N2O. The van der Waals surface area contributed by atoms with Crippen molar-refractivity contribution in [3.8, 4) is 0 Å². The van der Waals surface area contributed by atoms with Crippen LogP contribution in [0.3, 0.4) is 0 Å². The van der Waals surface area contributed by atoms with Gasteiger partial charge in [0.25, 0.3) is 5.91 Å². The number of halogens is 2. The molecule has 5 heteroatoms. The lowest BCUT2D eigenvalue weighted by atomic mass is 10.1. The minimum atomic E-state index is -1.03. The summed E-state index contributed by atoms with van der Waals surface area (Å²) >= 11 is 0. The lowest BCUT2D eigenvalue weighted by Gasteiger charge is -2.18. The number of nitrogens with zero attached hydrogens (tertiary/aromatic N) is 1. The van der Waals surface area contributed by atoms with E-state index in [1.165, 1.54) is 6.07 Å². The Balaban J connectivity index is 2.10. The molecule has 0 aliphatic heterocycles. The largest absolute Gasteiger partial charge is 0.322 e. The van der Waals surface area contributed by atoms with Gasteiger partial charge in [-0.1, -0.05) is 26.0 Å². The van der Waals surface area contributed by atoms with E-state index in [4.69, 9.17) is 0 Å². The van der Waals surface area contributed by atoms with Crippen molar-refractivity contribution in [1.29, 1.82) is 0 Å². The van der Waals surface area contributed by atoms with Crippen molar-refractivity contribution in [3.63, 3.8) is 0 Å². The molecule has 2 rings (SSSR count). The molecule has 122 valence electrons. The van der Waals surface area contributed by atoms with E-state index >= 15 is 0 Å². The van der Waals surface area contributed by atoms with Gasteiger partial charge in [-0.05, 0) is 49.0 Å². The summed E-state index contributed by atoms with van der Waals surface area (Å²) < 4.78 is 26.1. The van der Waals surface area contributed by atoms with Crippen LogP contribution in [0.4, 0.5) is 14.5 Å². The average molecular weight is 318 g/mol. The number of hydrogen-bond donors (Lipinski definition) is 1. The molecule has 1 amide bonds. The van der Waals surface area contributed by atoms with Crippen molar-refractivity contribution < 1.29 is 13.6 Å². The number of hydrogen-bond acceptors (Lipinski definition) is 2.